The first-order chi connectivity index (χ1) is 8.56. The average molecular weight is 259 g/mol. The van der Waals surface area contributed by atoms with Crippen LogP contribution in [0.4, 0.5) is 4.79 Å². The molecule has 104 valence electrons. The highest BCUT2D eigenvalue weighted by Crippen LogP contribution is 2.07. The van der Waals surface area contributed by atoms with Gasteiger partial charge in [0.05, 0.1) is 13.2 Å². The molecule has 7 nitrogen and oxygen atoms in total. The summed E-state index contributed by atoms with van der Waals surface area (Å²) in [5.74, 6) is -1.03. The standard InChI is InChI=1S/C11H21N3O4/c1-3-13(2)5-4-12-11(17)14-6-7-18-8-9(14)10(15)16/h9H,3-8H2,1-2H3,(H,12,17)(H,15,16). The number of urea groups is 1. The molecule has 1 aliphatic heterocycles. The summed E-state index contributed by atoms with van der Waals surface area (Å²) in [7, 11) is 1.96. The second kappa shape index (κ2) is 7.17. The van der Waals surface area contributed by atoms with Crippen LogP contribution in [-0.4, -0.2) is 79.4 Å². The van der Waals surface area contributed by atoms with Crippen molar-refractivity contribution in [2.24, 2.45) is 0 Å². The first kappa shape index (κ1) is 14.7. The summed E-state index contributed by atoms with van der Waals surface area (Å²) in [6, 6.07) is -1.22. The molecule has 0 aromatic heterocycles. The molecule has 1 saturated heterocycles. The number of amides is 2. The Balaban J connectivity index is 2.41. The van der Waals surface area contributed by atoms with Gasteiger partial charge in [0.15, 0.2) is 6.04 Å². The van der Waals surface area contributed by atoms with E-state index in [1.165, 1.54) is 4.90 Å². The van der Waals surface area contributed by atoms with Crippen molar-refractivity contribution >= 4 is 12.0 Å². The molecule has 1 aliphatic rings. The summed E-state index contributed by atoms with van der Waals surface area (Å²) in [5, 5.41) is 11.7. The first-order valence-corrected chi connectivity index (χ1v) is 6.09. The van der Waals surface area contributed by atoms with E-state index in [1.54, 1.807) is 0 Å². The predicted octanol–water partition coefficient (Wildman–Crippen LogP) is -0.567. The van der Waals surface area contributed by atoms with E-state index in [0.717, 1.165) is 13.1 Å². The number of carbonyl (C=O) groups excluding carboxylic acids is 1. The molecular formula is C11H21N3O4. The van der Waals surface area contributed by atoms with Crippen molar-refractivity contribution < 1.29 is 19.4 Å². The van der Waals surface area contributed by atoms with Gasteiger partial charge in [0.2, 0.25) is 0 Å². The summed E-state index contributed by atoms with van der Waals surface area (Å²) in [4.78, 5) is 26.2. The highest BCUT2D eigenvalue weighted by atomic mass is 16.5. The van der Waals surface area contributed by atoms with E-state index in [0.29, 0.717) is 19.7 Å². The fourth-order valence-corrected chi connectivity index (χ4v) is 1.66. The number of aliphatic carboxylic acids is 1. The Hall–Kier alpha value is -1.34. The smallest absolute Gasteiger partial charge is 0.328 e. The minimum atomic E-state index is -1.03. The van der Waals surface area contributed by atoms with Crippen molar-refractivity contribution in [3.8, 4) is 0 Å². The number of nitrogens with one attached hydrogen (secondary N) is 1. The van der Waals surface area contributed by atoms with E-state index in [-0.39, 0.29) is 12.6 Å². The van der Waals surface area contributed by atoms with Crippen LogP contribution in [0.5, 0.6) is 0 Å². The molecule has 2 amide bonds. The van der Waals surface area contributed by atoms with E-state index in [9.17, 15) is 9.59 Å². The van der Waals surface area contributed by atoms with Gasteiger partial charge in [-0.1, -0.05) is 6.92 Å². The Morgan fingerprint density at radius 2 is 2.28 bits per heavy atom. The van der Waals surface area contributed by atoms with Crippen LogP contribution in [0, 0.1) is 0 Å². The molecule has 0 aromatic carbocycles. The van der Waals surface area contributed by atoms with Crippen LogP contribution in [0.3, 0.4) is 0 Å². The fourth-order valence-electron chi connectivity index (χ4n) is 1.66. The van der Waals surface area contributed by atoms with Crippen molar-refractivity contribution in [1.82, 2.24) is 15.1 Å². The van der Waals surface area contributed by atoms with Gasteiger partial charge in [0.25, 0.3) is 0 Å². The third-order valence-electron chi connectivity index (χ3n) is 2.98. The van der Waals surface area contributed by atoms with Crippen molar-refractivity contribution in [3.05, 3.63) is 0 Å². The zero-order valence-corrected chi connectivity index (χ0v) is 10.9. The number of carboxylic acids is 1. The first-order valence-electron chi connectivity index (χ1n) is 6.09. The maximum atomic E-state index is 11.9. The molecule has 1 rings (SSSR count). The van der Waals surface area contributed by atoms with Crippen LogP contribution in [-0.2, 0) is 9.53 Å². The lowest BCUT2D eigenvalue weighted by molar-refractivity contribution is -0.147. The van der Waals surface area contributed by atoms with Gasteiger partial charge >= 0.3 is 12.0 Å². The minimum Gasteiger partial charge on any atom is -0.480 e. The maximum absolute atomic E-state index is 11.9. The highest BCUT2D eigenvalue weighted by molar-refractivity contribution is 5.82. The average Bonchev–Trinajstić information content (AvgIpc) is 2.38. The van der Waals surface area contributed by atoms with Gasteiger partial charge in [-0.3, -0.25) is 0 Å². The Bertz CT molecular complexity index is 298. The van der Waals surface area contributed by atoms with Gasteiger partial charge in [-0.05, 0) is 13.6 Å². The van der Waals surface area contributed by atoms with Crippen molar-refractivity contribution in [3.63, 3.8) is 0 Å². The third-order valence-corrected chi connectivity index (χ3v) is 2.98. The van der Waals surface area contributed by atoms with Crippen molar-refractivity contribution in [2.75, 3.05) is 46.4 Å². The normalized spacial score (nSPS) is 19.9. The number of hydrogen-bond donors (Lipinski definition) is 2. The quantitative estimate of drug-likeness (QED) is 0.691. The van der Waals surface area contributed by atoms with E-state index < -0.39 is 12.0 Å². The van der Waals surface area contributed by atoms with Gasteiger partial charge in [0.1, 0.15) is 0 Å². The lowest BCUT2D eigenvalue weighted by Gasteiger charge is -2.32. The minimum absolute atomic E-state index is 0.0532. The van der Waals surface area contributed by atoms with Gasteiger partial charge < -0.3 is 25.0 Å². The molecule has 1 fully saturated rings. The molecule has 0 aliphatic carbocycles. The number of carbonyl (C=O) groups is 2. The number of ether oxygens (including phenoxy) is 1. The molecule has 0 saturated carbocycles. The molecule has 1 heterocycles. The van der Waals surface area contributed by atoms with Crippen LogP contribution >= 0.6 is 0 Å². The number of carboxylic acid groups (broad SMARTS) is 1. The molecule has 0 spiro atoms. The summed E-state index contributed by atoms with van der Waals surface area (Å²) in [5.41, 5.74) is 0. The van der Waals surface area contributed by atoms with E-state index in [1.807, 2.05) is 14.0 Å². The number of hydrogen-bond acceptors (Lipinski definition) is 4. The Kier molecular flexibility index (Phi) is 5.87. The molecule has 7 heteroatoms. The molecule has 1 unspecified atom stereocenters. The van der Waals surface area contributed by atoms with E-state index in [4.69, 9.17) is 9.84 Å². The van der Waals surface area contributed by atoms with Crippen LogP contribution in [0.2, 0.25) is 0 Å². The van der Waals surface area contributed by atoms with Crippen LogP contribution in [0.15, 0.2) is 0 Å². The largest absolute Gasteiger partial charge is 0.480 e. The Morgan fingerprint density at radius 3 is 2.89 bits per heavy atom. The number of likely N-dealkylation sites (N-methyl/N-ethyl adjacent to an activating group) is 1. The molecule has 2 N–H and O–H groups in total. The number of rotatable bonds is 5. The highest BCUT2D eigenvalue weighted by Gasteiger charge is 2.32. The zero-order chi connectivity index (χ0) is 13.5. The monoisotopic (exact) mass is 259 g/mol. The van der Waals surface area contributed by atoms with Gasteiger partial charge in [-0.15, -0.1) is 0 Å². The number of nitrogens with zero attached hydrogens (tertiary/aromatic N) is 2. The van der Waals surface area contributed by atoms with Gasteiger partial charge in [-0.25, -0.2) is 9.59 Å². The third kappa shape index (κ3) is 4.15. The maximum Gasteiger partial charge on any atom is 0.328 e. The van der Waals surface area contributed by atoms with Crippen molar-refractivity contribution in [1.29, 1.82) is 0 Å². The molecule has 1 atom stereocenters. The lowest BCUT2D eigenvalue weighted by Crippen LogP contribution is -2.56. The van der Waals surface area contributed by atoms with Gasteiger partial charge in [0, 0.05) is 19.6 Å². The predicted molar refractivity (Wildman–Crippen MR) is 65.5 cm³/mol. The van der Waals surface area contributed by atoms with Crippen molar-refractivity contribution in [2.45, 2.75) is 13.0 Å². The topological polar surface area (TPSA) is 82.1 Å². The zero-order valence-electron chi connectivity index (χ0n) is 10.9. The fraction of sp³-hybridized carbons (Fsp3) is 0.818. The second-order valence-corrected chi connectivity index (χ2v) is 4.25. The molecule has 18 heavy (non-hydrogen) atoms. The van der Waals surface area contributed by atoms with Crippen LogP contribution in [0.25, 0.3) is 0 Å². The molecular weight excluding hydrogens is 238 g/mol. The van der Waals surface area contributed by atoms with Gasteiger partial charge in [-0.2, -0.15) is 0 Å². The molecule has 0 aromatic rings. The van der Waals surface area contributed by atoms with Crippen LogP contribution in [0.1, 0.15) is 6.92 Å². The molecule has 0 radical (unpaired) electrons. The molecule has 0 bridgehead atoms. The van der Waals surface area contributed by atoms with E-state index in [2.05, 4.69) is 10.2 Å². The summed E-state index contributed by atoms with van der Waals surface area (Å²) >= 11 is 0. The summed E-state index contributed by atoms with van der Waals surface area (Å²) in [6.45, 7) is 4.93. The van der Waals surface area contributed by atoms with Crippen LogP contribution < -0.4 is 5.32 Å². The second-order valence-electron chi connectivity index (χ2n) is 4.25. The Morgan fingerprint density at radius 1 is 1.56 bits per heavy atom. The SMILES string of the molecule is CCN(C)CCNC(=O)N1CCOCC1C(=O)O. The Labute approximate surface area is 107 Å². The lowest BCUT2D eigenvalue weighted by atomic mass is 10.2. The number of morpholine rings is 1. The summed E-state index contributed by atoms with van der Waals surface area (Å²) < 4.78 is 5.07. The van der Waals surface area contributed by atoms with E-state index >= 15 is 0 Å². The summed E-state index contributed by atoms with van der Waals surface area (Å²) in [6.07, 6.45) is 0.